The molecule has 4 heteroatoms. The maximum atomic E-state index is 5.08. The van der Waals surface area contributed by atoms with Crippen LogP contribution in [0.5, 0.6) is 0 Å². The van der Waals surface area contributed by atoms with E-state index in [2.05, 4.69) is 179 Å². The number of nitrogens with zero attached hydrogens (tertiary/aromatic N) is 4. The van der Waals surface area contributed by atoms with Gasteiger partial charge in [0.1, 0.15) is 0 Å². The molecule has 56 heavy (non-hydrogen) atoms. The van der Waals surface area contributed by atoms with Crippen LogP contribution < -0.4 is 0 Å². The summed E-state index contributed by atoms with van der Waals surface area (Å²) in [5.74, 6) is 0.713. The van der Waals surface area contributed by atoms with Crippen LogP contribution in [0.4, 0.5) is 0 Å². The summed E-state index contributed by atoms with van der Waals surface area (Å²) >= 11 is 0. The lowest BCUT2D eigenvalue weighted by atomic mass is 10.00. The van der Waals surface area contributed by atoms with E-state index in [1.165, 1.54) is 43.5 Å². The fourth-order valence-electron chi connectivity index (χ4n) is 8.17. The Morgan fingerprint density at radius 3 is 1.73 bits per heavy atom. The van der Waals surface area contributed by atoms with Crippen molar-refractivity contribution in [3.63, 3.8) is 0 Å². The number of benzene rings is 8. The van der Waals surface area contributed by atoms with Gasteiger partial charge in [-0.05, 0) is 94.7 Å². The molecular formula is C52H34N4. The highest BCUT2D eigenvalue weighted by atomic mass is 15.0. The van der Waals surface area contributed by atoms with Crippen LogP contribution in [0.1, 0.15) is 0 Å². The van der Waals surface area contributed by atoms with E-state index in [1.807, 2.05) is 36.4 Å². The van der Waals surface area contributed by atoms with Crippen molar-refractivity contribution in [2.24, 2.45) is 0 Å². The van der Waals surface area contributed by atoms with E-state index in [1.54, 1.807) is 0 Å². The van der Waals surface area contributed by atoms with Gasteiger partial charge in [0.25, 0.3) is 0 Å². The average Bonchev–Trinajstić information content (AvgIpc) is 3.83. The second-order valence-electron chi connectivity index (χ2n) is 14.3. The molecule has 11 aromatic rings. The third kappa shape index (κ3) is 5.47. The van der Waals surface area contributed by atoms with Gasteiger partial charge in [-0.1, -0.05) is 127 Å². The fourth-order valence-corrected chi connectivity index (χ4v) is 8.17. The zero-order chi connectivity index (χ0) is 37.0. The van der Waals surface area contributed by atoms with Crippen molar-refractivity contribution in [1.82, 2.24) is 19.1 Å². The Labute approximate surface area is 324 Å². The Balaban J connectivity index is 0.999. The monoisotopic (exact) mass is 714 g/mol. The number of hydrogen-bond acceptors (Lipinski definition) is 2. The van der Waals surface area contributed by atoms with Crippen LogP contribution in [0.25, 0.3) is 99.9 Å². The highest BCUT2D eigenvalue weighted by Gasteiger charge is 2.16. The molecule has 262 valence electrons. The van der Waals surface area contributed by atoms with E-state index < -0.39 is 0 Å². The molecule has 0 N–H and O–H groups in total. The van der Waals surface area contributed by atoms with E-state index in [0.29, 0.717) is 5.82 Å². The third-order valence-electron chi connectivity index (χ3n) is 10.9. The molecule has 0 aliphatic rings. The van der Waals surface area contributed by atoms with Gasteiger partial charge in [0.05, 0.1) is 27.9 Å². The van der Waals surface area contributed by atoms with Crippen molar-refractivity contribution in [2.75, 3.05) is 0 Å². The molecule has 0 bridgehead atoms. The first kappa shape index (κ1) is 31.9. The van der Waals surface area contributed by atoms with Gasteiger partial charge >= 0.3 is 0 Å². The minimum absolute atomic E-state index is 0.713. The fraction of sp³-hybridized carbons (Fsp3) is 0. The van der Waals surface area contributed by atoms with E-state index in [0.717, 1.165) is 50.6 Å². The van der Waals surface area contributed by atoms with E-state index >= 15 is 0 Å². The molecule has 0 fully saturated rings. The molecule has 3 aromatic heterocycles. The SMILES string of the molecule is c1ccc(-c2cc(-c3cccc(-c4ccc(-n5c6ccccc6c6cc7cc8ccn(-c9ccccc9)c8cc7cc65)cc4)c3)nc(-c3ccccc3)n2)cc1. The Morgan fingerprint density at radius 2 is 0.946 bits per heavy atom. The van der Waals surface area contributed by atoms with Crippen LogP contribution in [0.3, 0.4) is 0 Å². The molecule has 4 nitrogen and oxygen atoms in total. The minimum Gasteiger partial charge on any atom is -0.317 e. The zero-order valence-electron chi connectivity index (χ0n) is 30.4. The highest BCUT2D eigenvalue weighted by molar-refractivity contribution is 6.15. The van der Waals surface area contributed by atoms with Crippen molar-refractivity contribution < 1.29 is 0 Å². The number of rotatable bonds is 6. The number of hydrogen-bond donors (Lipinski definition) is 0. The number of para-hydroxylation sites is 2. The molecule has 0 saturated heterocycles. The predicted octanol–water partition coefficient (Wildman–Crippen LogP) is 13.3. The molecule has 0 amide bonds. The molecular weight excluding hydrogens is 681 g/mol. The summed E-state index contributed by atoms with van der Waals surface area (Å²) in [4.78, 5) is 10.1. The molecule has 11 rings (SSSR count). The molecule has 0 radical (unpaired) electrons. The van der Waals surface area contributed by atoms with Crippen LogP contribution >= 0.6 is 0 Å². The summed E-state index contributed by atoms with van der Waals surface area (Å²) in [5.41, 5.74) is 13.0. The van der Waals surface area contributed by atoms with Gasteiger partial charge in [-0.2, -0.15) is 0 Å². The van der Waals surface area contributed by atoms with Gasteiger partial charge in [0.15, 0.2) is 5.82 Å². The quantitative estimate of drug-likeness (QED) is 0.172. The van der Waals surface area contributed by atoms with Crippen LogP contribution in [0.15, 0.2) is 206 Å². The third-order valence-corrected chi connectivity index (χ3v) is 10.9. The molecule has 0 aliphatic carbocycles. The van der Waals surface area contributed by atoms with Gasteiger partial charge in [-0.25, -0.2) is 9.97 Å². The lowest BCUT2D eigenvalue weighted by molar-refractivity contribution is 1.13. The standard InChI is InChI=1S/C52H34N4/c1-4-13-36(14-5-1)47-34-48(54-52(53-47)37-15-6-2-7-16-37)39-18-12-17-38(29-39)35-23-25-44(26-24-35)56-49-22-11-10-21-45(49)46-31-41-30-40-27-28-55(43-19-8-3-9-20-43)50(40)32-42(41)33-51(46)56/h1-34H. The van der Waals surface area contributed by atoms with Crippen molar-refractivity contribution >= 4 is 43.5 Å². The average molecular weight is 715 g/mol. The topological polar surface area (TPSA) is 35.6 Å². The summed E-state index contributed by atoms with van der Waals surface area (Å²) < 4.78 is 4.68. The zero-order valence-corrected chi connectivity index (χ0v) is 30.4. The van der Waals surface area contributed by atoms with Crippen molar-refractivity contribution in [1.29, 1.82) is 0 Å². The largest absolute Gasteiger partial charge is 0.317 e. The summed E-state index contributed by atoms with van der Waals surface area (Å²) in [6.45, 7) is 0. The summed E-state index contributed by atoms with van der Waals surface area (Å²) in [6, 6.07) is 71.1. The molecule has 0 atom stereocenters. The lowest BCUT2D eigenvalue weighted by Gasteiger charge is -2.12. The van der Waals surface area contributed by atoms with Crippen LogP contribution in [-0.4, -0.2) is 19.1 Å². The summed E-state index contributed by atoms with van der Waals surface area (Å²) in [7, 11) is 0. The number of aromatic nitrogens is 4. The van der Waals surface area contributed by atoms with Crippen LogP contribution in [-0.2, 0) is 0 Å². The van der Waals surface area contributed by atoms with E-state index in [-0.39, 0.29) is 0 Å². The molecule has 0 spiro atoms. The van der Waals surface area contributed by atoms with Crippen molar-refractivity contribution in [3.05, 3.63) is 206 Å². The van der Waals surface area contributed by atoms with Gasteiger partial charge in [-0.3, -0.25) is 0 Å². The maximum Gasteiger partial charge on any atom is 0.160 e. The van der Waals surface area contributed by atoms with Crippen molar-refractivity contribution in [3.8, 4) is 56.4 Å². The normalized spacial score (nSPS) is 11.6. The molecule has 8 aromatic carbocycles. The Morgan fingerprint density at radius 1 is 0.321 bits per heavy atom. The first-order valence-corrected chi connectivity index (χ1v) is 19.0. The Kier molecular flexibility index (Phi) is 7.46. The molecule has 0 saturated carbocycles. The molecule has 0 unspecified atom stereocenters. The molecule has 0 aliphatic heterocycles. The minimum atomic E-state index is 0.713. The second-order valence-corrected chi connectivity index (χ2v) is 14.3. The Hall–Kier alpha value is -7.56. The number of fused-ring (bicyclic) bond motifs is 5. The van der Waals surface area contributed by atoms with E-state index in [9.17, 15) is 0 Å². The first-order valence-electron chi connectivity index (χ1n) is 19.0. The first-order chi connectivity index (χ1) is 27.7. The molecule has 3 heterocycles. The van der Waals surface area contributed by atoms with E-state index in [4.69, 9.17) is 9.97 Å². The predicted molar refractivity (Wildman–Crippen MR) is 232 cm³/mol. The summed E-state index contributed by atoms with van der Waals surface area (Å²) in [6.07, 6.45) is 2.17. The maximum absolute atomic E-state index is 5.08. The second kappa shape index (κ2) is 13.1. The van der Waals surface area contributed by atoms with Crippen LogP contribution in [0.2, 0.25) is 0 Å². The van der Waals surface area contributed by atoms with Gasteiger partial charge in [0, 0.05) is 50.4 Å². The van der Waals surface area contributed by atoms with Gasteiger partial charge < -0.3 is 9.13 Å². The highest BCUT2D eigenvalue weighted by Crippen LogP contribution is 2.37. The smallest absolute Gasteiger partial charge is 0.160 e. The Bertz CT molecular complexity index is 3160. The van der Waals surface area contributed by atoms with Crippen molar-refractivity contribution in [2.45, 2.75) is 0 Å². The van der Waals surface area contributed by atoms with Crippen LogP contribution in [0, 0.1) is 0 Å². The summed E-state index contributed by atoms with van der Waals surface area (Å²) in [5, 5.41) is 6.19. The van der Waals surface area contributed by atoms with Gasteiger partial charge in [0.2, 0.25) is 0 Å². The lowest BCUT2D eigenvalue weighted by Crippen LogP contribution is -1.96. The van der Waals surface area contributed by atoms with Gasteiger partial charge in [-0.15, -0.1) is 0 Å².